The Kier molecular flexibility index (Phi) is 6.13. The van der Waals surface area contributed by atoms with Crippen LogP contribution in [0.3, 0.4) is 0 Å². The average molecular weight is 326 g/mol. The SMILES string of the molecule is CCCCC(C)(OC(=O)c1ccccc1)OC(=O)c1ccccc1. The molecule has 0 N–H and O–H groups in total. The van der Waals surface area contributed by atoms with E-state index in [0.717, 1.165) is 12.8 Å². The maximum atomic E-state index is 12.3. The lowest BCUT2D eigenvalue weighted by Gasteiger charge is -2.29. The summed E-state index contributed by atoms with van der Waals surface area (Å²) in [5.74, 6) is -2.30. The molecule has 0 bridgehead atoms. The Morgan fingerprint density at radius 2 is 1.25 bits per heavy atom. The van der Waals surface area contributed by atoms with Crippen LogP contribution in [0.4, 0.5) is 0 Å². The average Bonchev–Trinajstić information content (AvgIpc) is 2.61. The molecule has 0 aliphatic heterocycles. The Morgan fingerprint density at radius 1 is 0.833 bits per heavy atom. The van der Waals surface area contributed by atoms with Gasteiger partial charge in [-0.15, -0.1) is 0 Å². The van der Waals surface area contributed by atoms with Crippen molar-refractivity contribution in [1.29, 1.82) is 0 Å². The van der Waals surface area contributed by atoms with E-state index in [1.165, 1.54) is 0 Å². The zero-order valence-electron chi connectivity index (χ0n) is 14.0. The van der Waals surface area contributed by atoms with Crippen molar-refractivity contribution in [2.45, 2.75) is 38.9 Å². The van der Waals surface area contributed by atoms with Gasteiger partial charge in [-0.1, -0.05) is 49.7 Å². The lowest BCUT2D eigenvalue weighted by molar-refractivity contribution is -0.161. The van der Waals surface area contributed by atoms with E-state index < -0.39 is 17.7 Å². The van der Waals surface area contributed by atoms with E-state index in [2.05, 4.69) is 0 Å². The van der Waals surface area contributed by atoms with Gasteiger partial charge < -0.3 is 9.47 Å². The van der Waals surface area contributed by atoms with Crippen molar-refractivity contribution in [3.63, 3.8) is 0 Å². The minimum absolute atomic E-state index is 0.427. The summed E-state index contributed by atoms with van der Waals surface area (Å²) in [6.45, 7) is 3.66. The van der Waals surface area contributed by atoms with Crippen molar-refractivity contribution in [3.05, 3.63) is 71.8 Å². The fraction of sp³-hybridized carbons (Fsp3) is 0.300. The van der Waals surface area contributed by atoms with Crippen LogP contribution < -0.4 is 0 Å². The van der Waals surface area contributed by atoms with Gasteiger partial charge in [-0.25, -0.2) is 9.59 Å². The summed E-state index contributed by atoms with van der Waals surface area (Å²) in [6, 6.07) is 17.4. The van der Waals surface area contributed by atoms with Crippen molar-refractivity contribution in [2.24, 2.45) is 0 Å². The molecule has 0 saturated carbocycles. The van der Waals surface area contributed by atoms with Gasteiger partial charge in [0.15, 0.2) is 0 Å². The highest BCUT2D eigenvalue weighted by atomic mass is 16.7. The normalized spacial score (nSPS) is 10.9. The Morgan fingerprint density at radius 3 is 1.62 bits per heavy atom. The van der Waals surface area contributed by atoms with E-state index in [-0.39, 0.29) is 0 Å². The number of rotatable bonds is 7. The topological polar surface area (TPSA) is 52.6 Å². The Hall–Kier alpha value is -2.62. The number of carbonyl (C=O) groups excluding carboxylic acids is 2. The highest BCUT2D eigenvalue weighted by molar-refractivity contribution is 5.91. The smallest absolute Gasteiger partial charge is 0.341 e. The maximum Gasteiger partial charge on any atom is 0.341 e. The number of ether oxygens (including phenoxy) is 2. The molecule has 0 aliphatic rings. The molecule has 0 aromatic heterocycles. The second-order valence-electron chi connectivity index (χ2n) is 5.75. The molecular formula is C20H22O4. The van der Waals surface area contributed by atoms with Gasteiger partial charge in [0.25, 0.3) is 5.79 Å². The van der Waals surface area contributed by atoms with E-state index in [9.17, 15) is 9.59 Å². The van der Waals surface area contributed by atoms with Gasteiger partial charge in [-0.05, 0) is 30.7 Å². The Bertz CT molecular complexity index is 611. The van der Waals surface area contributed by atoms with Crippen molar-refractivity contribution >= 4 is 11.9 Å². The third-order valence-electron chi connectivity index (χ3n) is 3.62. The molecule has 0 amide bonds. The van der Waals surface area contributed by atoms with Crippen molar-refractivity contribution in [1.82, 2.24) is 0 Å². The summed E-state index contributed by atoms with van der Waals surface area (Å²) in [5.41, 5.74) is 0.854. The molecule has 0 atom stereocenters. The first-order valence-corrected chi connectivity index (χ1v) is 8.11. The second kappa shape index (κ2) is 8.29. The van der Waals surface area contributed by atoms with E-state index in [4.69, 9.17) is 9.47 Å². The summed E-state index contributed by atoms with van der Waals surface area (Å²) >= 11 is 0. The van der Waals surface area contributed by atoms with Crippen molar-refractivity contribution in [3.8, 4) is 0 Å². The summed E-state index contributed by atoms with van der Waals surface area (Å²) < 4.78 is 11.1. The zero-order chi connectivity index (χ0) is 17.4. The number of hydrogen-bond donors (Lipinski definition) is 0. The summed E-state index contributed by atoms with van der Waals surface area (Å²) in [4.78, 5) is 24.7. The molecule has 4 nitrogen and oxygen atoms in total. The van der Waals surface area contributed by atoms with Gasteiger partial charge in [-0.3, -0.25) is 0 Å². The first-order chi connectivity index (χ1) is 11.5. The summed E-state index contributed by atoms with van der Waals surface area (Å²) in [7, 11) is 0. The van der Waals surface area contributed by atoms with E-state index in [0.29, 0.717) is 17.5 Å². The number of unbranched alkanes of at least 4 members (excludes halogenated alkanes) is 1. The lowest BCUT2D eigenvalue weighted by Crippen LogP contribution is -2.37. The van der Waals surface area contributed by atoms with Crippen LogP contribution in [-0.2, 0) is 9.47 Å². The van der Waals surface area contributed by atoms with Crippen molar-refractivity contribution < 1.29 is 19.1 Å². The zero-order valence-corrected chi connectivity index (χ0v) is 14.0. The first-order valence-electron chi connectivity index (χ1n) is 8.11. The number of hydrogen-bond acceptors (Lipinski definition) is 4. The number of benzene rings is 2. The molecule has 24 heavy (non-hydrogen) atoms. The lowest BCUT2D eigenvalue weighted by atomic mass is 10.1. The molecule has 2 rings (SSSR count). The second-order valence-corrected chi connectivity index (χ2v) is 5.75. The third kappa shape index (κ3) is 4.95. The minimum Gasteiger partial charge on any atom is -0.419 e. The Balaban J connectivity index is 2.13. The number of esters is 2. The molecule has 0 aliphatic carbocycles. The molecule has 2 aromatic carbocycles. The van der Waals surface area contributed by atoms with Gasteiger partial charge in [0.05, 0.1) is 11.1 Å². The van der Waals surface area contributed by atoms with Gasteiger partial charge in [-0.2, -0.15) is 0 Å². The molecule has 0 spiro atoms. The monoisotopic (exact) mass is 326 g/mol. The van der Waals surface area contributed by atoms with Crippen LogP contribution in [0.2, 0.25) is 0 Å². The Labute approximate surface area is 142 Å². The third-order valence-corrected chi connectivity index (χ3v) is 3.62. The molecule has 4 heteroatoms. The molecular weight excluding hydrogens is 304 g/mol. The predicted molar refractivity (Wildman–Crippen MR) is 91.6 cm³/mol. The van der Waals surface area contributed by atoms with Gasteiger partial charge >= 0.3 is 11.9 Å². The van der Waals surface area contributed by atoms with Crippen LogP contribution >= 0.6 is 0 Å². The highest BCUT2D eigenvalue weighted by Crippen LogP contribution is 2.24. The highest BCUT2D eigenvalue weighted by Gasteiger charge is 2.33. The molecule has 0 unspecified atom stereocenters. The van der Waals surface area contributed by atoms with Crippen LogP contribution in [0.25, 0.3) is 0 Å². The quantitative estimate of drug-likeness (QED) is 0.551. The van der Waals surface area contributed by atoms with Crippen molar-refractivity contribution in [2.75, 3.05) is 0 Å². The standard InChI is InChI=1S/C20H22O4/c1-3-4-15-20(2,23-18(21)16-11-7-5-8-12-16)24-19(22)17-13-9-6-10-14-17/h5-14H,3-4,15H2,1-2H3. The largest absolute Gasteiger partial charge is 0.419 e. The molecule has 0 fully saturated rings. The first kappa shape index (κ1) is 17.7. The van der Waals surface area contributed by atoms with Gasteiger partial charge in [0.2, 0.25) is 0 Å². The fourth-order valence-corrected chi connectivity index (χ4v) is 2.28. The minimum atomic E-state index is -1.30. The maximum absolute atomic E-state index is 12.3. The number of carbonyl (C=O) groups is 2. The molecule has 0 heterocycles. The van der Waals surface area contributed by atoms with Gasteiger partial charge in [0.1, 0.15) is 0 Å². The van der Waals surface area contributed by atoms with Crippen LogP contribution in [-0.4, -0.2) is 17.7 Å². The van der Waals surface area contributed by atoms with Crippen LogP contribution in [0, 0.1) is 0 Å². The fourth-order valence-electron chi connectivity index (χ4n) is 2.28. The van der Waals surface area contributed by atoms with E-state index in [1.807, 2.05) is 19.1 Å². The van der Waals surface area contributed by atoms with Crippen LogP contribution in [0.5, 0.6) is 0 Å². The summed E-state index contributed by atoms with van der Waals surface area (Å²) in [6.07, 6.45) is 2.13. The van der Waals surface area contributed by atoms with E-state index in [1.54, 1.807) is 55.5 Å². The molecule has 0 saturated heterocycles. The molecule has 0 radical (unpaired) electrons. The van der Waals surface area contributed by atoms with Crippen LogP contribution in [0.1, 0.15) is 53.8 Å². The summed E-state index contributed by atoms with van der Waals surface area (Å²) in [5, 5.41) is 0. The van der Waals surface area contributed by atoms with Gasteiger partial charge in [0, 0.05) is 13.3 Å². The van der Waals surface area contributed by atoms with E-state index >= 15 is 0 Å². The molecule has 2 aromatic rings. The molecule has 126 valence electrons. The predicted octanol–water partition coefficient (Wildman–Crippen LogP) is 4.61. The van der Waals surface area contributed by atoms with Crippen LogP contribution in [0.15, 0.2) is 60.7 Å².